The second-order valence-electron chi connectivity index (χ2n) is 5.60. The normalized spacial score (nSPS) is 41.7. The highest BCUT2D eigenvalue weighted by molar-refractivity contribution is 5.79. The maximum atomic E-state index is 12.0. The van der Waals surface area contributed by atoms with Crippen molar-refractivity contribution in [3.63, 3.8) is 0 Å². The molecule has 98 valence electrons. The largest absolute Gasteiger partial charge is 0.385 e. The summed E-state index contributed by atoms with van der Waals surface area (Å²) in [5.41, 5.74) is -0.877. The van der Waals surface area contributed by atoms with Gasteiger partial charge in [-0.15, -0.1) is 0 Å². The van der Waals surface area contributed by atoms with Crippen LogP contribution in [0.4, 0.5) is 0 Å². The third-order valence-corrected chi connectivity index (χ3v) is 4.43. The van der Waals surface area contributed by atoms with E-state index in [0.29, 0.717) is 25.5 Å². The van der Waals surface area contributed by atoms with Crippen LogP contribution in [0.15, 0.2) is 0 Å². The van der Waals surface area contributed by atoms with Crippen molar-refractivity contribution in [1.82, 2.24) is 5.32 Å². The van der Waals surface area contributed by atoms with Crippen molar-refractivity contribution in [3.05, 3.63) is 0 Å². The van der Waals surface area contributed by atoms with Gasteiger partial charge in [-0.2, -0.15) is 0 Å². The molecule has 17 heavy (non-hydrogen) atoms. The van der Waals surface area contributed by atoms with Gasteiger partial charge in [0.05, 0.1) is 6.10 Å². The first-order valence-corrected chi connectivity index (χ1v) is 6.64. The van der Waals surface area contributed by atoms with Crippen LogP contribution >= 0.6 is 0 Å². The molecule has 4 unspecified atom stereocenters. The number of hydrogen-bond acceptors (Lipinski definition) is 3. The van der Waals surface area contributed by atoms with Crippen molar-refractivity contribution in [2.45, 2.75) is 51.2 Å². The van der Waals surface area contributed by atoms with Gasteiger partial charge in [0, 0.05) is 25.5 Å². The van der Waals surface area contributed by atoms with Crippen LogP contribution in [0.3, 0.4) is 0 Å². The summed E-state index contributed by atoms with van der Waals surface area (Å²) in [6.07, 6.45) is 3.68. The predicted molar refractivity (Wildman–Crippen MR) is 64.5 cm³/mol. The van der Waals surface area contributed by atoms with E-state index in [-0.39, 0.29) is 17.9 Å². The molecule has 4 nitrogen and oxygen atoms in total. The average Bonchev–Trinajstić information content (AvgIpc) is 2.84. The Balaban J connectivity index is 1.83. The van der Waals surface area contributed by atoms with Crippen molar-refractivity contribution in [3.8, 4) is 0 Å². The zero-order valence-corrected chi connectivity index (χ0v) is 10.7. The topological polar surface area (TPSA) is 58.6 Å². The molecule has 1 aliphatic heterocycles. The van der Waals surface area contributed by atoms with Gasteiger partial charge in [0.25, 0.3) is 0 Å². The summed E-state index contributed by atoms with van der Waals surface area (Å²) >= 11 is 0. The van der Waals surface area contributed by atoms with Crippen LogP contribution < -0.4 is 5.32 Å². The Bertz CT molecular complexity index is 294. The maximum Gasteiger partial charge on any atom is 0.223 e. The van der Waals surface area contributed by atoms with E-state index in [1.54, 1.807) is 0 Å². The van der Waals surface area contributed by atoms with Gasteiger partial charge in [-0.25, -0.2) is 0 Å². The van der Waals surface area contributed by atoms with Crippen LogP contribution in [0.2, 0.25) is 0 Å². The van der Waals surface area contributed by atoms with E-state index in [1.807, 2.05) is 6.92 Å². The number of ether oxygens (including phenoxy) is 1. The zero-order chi connectivity index (χ0) is 12.5. The molecule has 0 aromatic carbocycles. The zero-order valence-electron chi connectivity index (χ0n) is 10.7. The van der Waals surface area contributed by atoms with E-state index in [0.717, 1.165) is 19.3 Å². The fourth-order valence-electron chi connectivity index (χ4n) is 2.91. The number of aliphatic hydroxyl groups is 1. The molecule has 4 atom stereocenters. The first-order valence-electron chi connectivity index (χ1n) is 6.64. The Morgan fingerprint density at radius 3 is 2.76 bits per heavy atom. The molecule has 2 rings (SSSR count). The number of amides is 1. The van der Waals surface area contributed by atoms with Gasteiger partial charge in [-0.1, -0.05) is 13.3 Å². The second kappa shape index (κ2) is 4.94. The summed E-state index contributed by atoms with van der Waals surface area (Å²) in [4.78, 5) is 12.0. The Morgan fingerprint density at radius 2 is 2.24 bits per heavy atom. The van der Waals surface area contributed by atoms with E-state index < -0.39 is 5.60 Å². The molecule has 1 amide bonds. The maximum absolute atomic E-state index is 12.0. The summed E-state index contributed by atoms with van der Waals surface area (Å²) in [5.74, 6) is 0.709. The van der Waals surface area contributed by atoms with Gasteiger partial charge in [-0.3, -0.25) is 4.79 Å². The molecule has 0 aromatic heterocycles. The lowest BCUT2D eigenvalue weighted by Gasteiger charge is -2.27. The third-order valence-electron chi connectivity index (χ3n) is 4.43. The Labute approximate surface area is 103 Å². The summed E-state index contributed by atoms with van der Waals surface area (Å²) in [6.45, 7) is 4.88. The summed E-state index contributed by atoms with van der Waals surface area (Å²) in [6, 6.07) is 0. The molecule has 2 N–H and O–H groups in total. The van der Waals surface area contributed by atoms with Gasteiger partial charge >= 0.3 is 0 Å². The monoisotopic (exact) mass is 241 g/mol. The minimum Gasteiger partial charge on any atom is -0.385 e. The van der Waals surface area contributed by atoms with Crippen molar-refractivity contribution in [2.75, 3.05) is 13.2 Å². The van der Waals surface area contributed by atoms with Gasteiger partial charge in [0.1, 0.15) is 5.60 Å². The molecule has 0 aromatic rings. The standard InChI is InChI=1S/C13H23NO3/c1-9-4-3-5-11(9)12(15)14-8-13(16)6-7-17-10(13)2/h9-11,16H,3-8H2,1-2H3,(H,14,15). The van der Waals surface area contributed by atoms with Gasteiger partial charge in [-0.05, 0) is 25.7 Å². The van der Waals surface area contributed by atoms with Crippen LogP contribution in [-0.2, 0) is 9.53 Å². The fourth-order valence-corrected chi connectivity index (χ4v) is 2.91. The SMILES string of the molecule is CC1CCCC1C(=O)NCC1(O)CCOC1C. The van der Waals surface area contributed by atoms with E-state index in [1.165, 1.54) is 0 Å². The van der Waals surface area contributed by atoms with Crippen molar-refractivity contribution < 1.29 is 14.6 Å². The molecule has 0 bridgehead atoms. The number of carbonyl (C=O) groups excluding carboxylic acids is 1. The van der Waals surface area contributed by atoms with Gasteiger partial charge in [0.2, 0.25) is 5.91 Å². The second-order valence-corrected chi connectivity index (χ2v) is 5.60. The van der Waals surface area contributed by atoms with E-state index in [4.69, 9.17) is 4.74 Å². The van der Waals surface area contributed by atoms with Crippen LogP contribution in [0.5, 0.6) is 0 Å². The minimum atomic E-state index is -0.877. The van der Waals surface area contributed by atoms with Crippen LogP contribution in [0.1, 0.15) is 39.5 Å². The summed E-state index contributed by atoms with van der Waals surface area (Å²) in [7, 11) is 0. The first kappa shape index (κ1) is 12.8. The number of nitrogens with one attached hydrogen (secondary N) is 1. The molecule has 2 aliphatic rings. The Hall–Kier alpha value is -0.610. The van der Waals surface area contributed by atoms with Crippen LogP contribution in [0, 0.1) is 11.8 Å². The lowest BCUT2D eigenvalue weighted by atomic mass is 9.94. The highest BCUT2D eigenvalue weighted by atomic mass is 16.5. The first-order chi connectivity index (χ1) is 8.03. The van der Waals surface area contributed by atoms with Crippen LogP contribution in [0.25, 0.3) is 0 Å². The number of carbonyl (C=O) groups is 1. The smallest absolute Gasteiger partial charge is 0.223 e. The summed E-state index contributed by atoms with van der Waals surface area (Å²) < 4.78 is 5.35. The van der Waals surface area contributed by atoms with Crippen molar-refractivity contribution >= 4 is 5.91 Å². The van der Waals surface area contributed by atoms with E-state index in [2.05, 4.69) is 12.2 Å². The molecular weight excluding hydrogens is 218 g/mol. The summed E-state index contributed by atoms with van der Waals surface area (Å²) in [5, 5.41) is 13.2. The quantitative estimate of drug-likeness (QED) is 0.777. The molecule has 1 saturated carbocycles. The van der Waals surface area contributed by atoms with E-state index >= 15 is 0 Å². The molecule has 1 heterocycles. The molecule has 0 spiro atoms. The van der Waals surface area contributed by atoms with Crippen molar-refractivity contribution in [2.24, 2.45) is 11.8 Å². The van der Waals surface area contributed by atoms with Gasteiger partial charge < -0.3 is 15.2 Å². The molecule has 0 radical (unpaired) electrons. The van der Waals surface area contributed by atoms with E-state index in [9.17, 15) is 9.90 Å². The van der Waals surface area contributed by atoms with Gasteiger partial charge in [0.15, 0.2) is 0 Å². The number of rotatable bonds is 3. The molecule has 4 heteroatoms. The predicted octanol–water partition coefficient (Wildman–Crippen LogP) is 1.08. The molecule has 2 fully saturated rings. The highest BCUT2D eigenvalue weighted by Crippen LogP contribution is 2.31. The lowest BCUT2D eigenvalue weighted by Crippen LogP contribution is -2.48. The molecule has 1 saturated heterocycles. The van der Waals surface area contributed by atoms with Crippen LogP contribution in [-0.4, -0.2) is 35.9 Å². The highest BCUT2D eigenvalue weighted by Gasteiger charge is 2.40. The van der Waals surface area contributed by atoms with Crippen molar-refractivity contribution in [1.29, 1.82) is 0 Å². The lowest BCUT2D eigenvalue weighted by molar-refractivity contribution is -0.127. The Morgan fingerprint density at radius 1 is 1.47 bits per heavy atom. The third kappa shape index (κ3) is 2.63. The molecule has 1 aliphatic carbocycles. The average molecular weight is 241 g/mol. The Kier molecular flexibility index (Phi) is 3.73. The molecular formula is C13H23NO3. The number of hydrogen-bond donors (Lipinski definition) is 2. The fraction of sp³-hybridized carbons (Fsp3) is 0.923. The minimum absolute atomic E-state index is 0.0996.